The number of nitrogens with one attached hydrogen (secondary N) is 1. The van der Waals surface area contributed by atoms with Gasteiger partial charge in [0.2, 0.25) is 11.8 Å². The van der Waals surface area contributed by atoms with Gasteiger partial charge < -0.3 is 14.8 Å². The van der Waals surface area contributed by atoms with Crippen LogP contribution in [-0.4, -0.2) is 29.2 Å². The molecule has 0 radical (unpaired) electrons. The molecule has 0 aliphatic rings. The van der Waals surface area contributed by atoms with E-state index < -0.39 is 0 Å². The average Bonchev–Trinajstić information content (AvgIpc) is 2.46. The zero-order chi connectivity index (χ0) is 14.5. The van der Waals surface area contributed by atoms with E-state index in [0.717, 1.165) is 21.5 Å². The predicted molar refractivity (Wildman–Crippen MR) is 79.1 cm³/mol. The summed E-state index contributed by atoms with van der Waals surface area (Å²) in [7, 11) is 3.13. The van der Waals surface area contributed by atoms with Gasteiger partial charge in [-0.1, -0.05) is 0 Å². The van der Waals surface area contributed by atoms with Crippen LogP contribution >= 0.6 is 15.9 Å². The number of hydrogen-bond acceptors (Lipinski definition) is 6. The molecule has 0 aliphatic carbocycles. The molecule has 0 amide bonds. The van der Waals surface area contributed by atoms with Crippen molar-refractivity contribution in [3.05, 3.63) is 34.3 Å². The summed E-state index contributed by atoms with van der Waals surface area (Å²) in [6.45, 7) is 2.42. The maximum absolute atomic E-state index is 5.23. The normalized spacial score (nSPS) is 10.2. The first-order chi connectivity index (χ1) is 9.65. The molecule has 0 fully saturated rings. The first kappa shape index (κ1) is 14.5. The fraction of sp³-hybridized carbons (Fsp3) is 0.308. The molecule has 106 valence electrons. The molecule has 0 aromatic carbocycles. The highest BCUT2D eigenvalue weighted by molar-refractivity contribution is 9.10. The van der Waals surface area contributed by atoms with Crippen molar-refractivity contribution in [3.63, 3.8) is 0 Å². The van der Waals surface area contributed by atoms with E-state index in [0.29, 0.717) is 18.3 Å². The van der Waals surface area contributed by atoms with Crippen molar-refractivity contribution in [1.29, 1.82) is 0 Å². The molecule has 0 aliphatic heterocycles. The Balaban J connectivity index is 2.22. The summed E-state index contributed by atoms with van der Waals surface area (Å²) in [5.74, 6) is 0.985. The van der Waals surface area contributed by atoms with E-state index in [1.54, 1.807) is 14.2 Å². The minimum Gasteiger partial charge on any atom is -0.481 e. The van der Waals surface area contributed by atoms with E-state index in [9.17, 15) is 0 Å². The van der Waals surface area contributed by atoms with Gasteiger partial charge in [-0.25, -0.2) is 15.0 Å². The van der Waals surface area contributed by atoms with E-state index in [4.69, 9.17) is 9.47 Å². The second-order valence-corrected chi connectivity index (χ2v) is 4.80. The summed E-state index contributed by atoms with van der Waals surface area (Å²) in [5, 5.41) is 3.28. The van der Waals surface area contributed by atoms with Crippen LogP contribution in [0.2, 0.25) is 0 Å². The lowest BCUT2D eigenvalue weighted by molar-refractivity contribution is 0.363. The summed E-state index contributed by atoms with van der Waals surface area (Å²) in [5.41, 5.74) is 2.59. The van der Waals surface area contributed by atoms with Crippen LogP contribution in [0.15, 0.2) is 23.1 Å². The van der Waals surface area contributed by atoms with Crippen molar-refractivity contribution in [3.8, 4) is 11.8 Å². The van der Waals surface area contributed by atoms with Crippen molar-refractivity contribution in [2.24, 2.45) is 0 Å². The highest BCUT2D eigenvalue weighted by Crippen LogP contribution is 2.25. The minimum atomic E-state index is 0.483. The zero-order valence-electron chi connectivity index (χ0n) is 11.5. The van der Waals surface area contributed by atoms with Gasteiger partial charge in [0.05, 0.1) is 37.7 Å². The van der Waals surface area contributed by atoms with Gasteiger partial charge in [-0.3, -0.25) is 0 Å². The molecular weight excluding hydrogens is 324 g/mol. The molecule has 7 heteroatoms. The lowest BCUT2D eigenvalue weighted by atomic mass is 10.2. The smallest absolute Gasteiger partial charge is 0.225 e. The Hall–Kier alpha value is -1.89. The number of rotatable bonds is 5. The predicted octanol–water partition coefficient (Wildman–Crippen LogP) is 2.57. The van der Waals surface area contributed by atoms with Gasteiger partial charge in [0.15, 0.2) is 0 Å². The molecule has 1 N–H and O–H groups in total. The van der Waals surface area contributed by atoms with E-state index in [-0.39, 0.29) is 0 Å². The topological polar surface area (TPSA) is 69.2 Å². The lowest BCUT2D eigenvalue weighted by Gasteiger charge is -2.13. The third-order valence-electron chi connectivity index (χ3n) is 2.76. The molecule has 20 heavy (non-hydrogen) atoms. The highest BCUT2D eigenvalue weighted by Gasteiger charge is 2.13. The van der Waals surface area contributed by atoms with Gasteiger partial charge in [0, 0.05) is 0 Å². The van der Waals surface area contributed by atoms with Gasteiger partial charge >= 0.3 is 0 Å². The molecule has 2 heterocycles. The second-order valence-electron chi connectivity index (χ2n) is 3.99. The van der Waals surface area contributed by atoms with E-state index in [2.05, 4.69) is 36.2 Å². The Bertz CT molecular complexity index is 585. The second kappa shape index (κ2) is 6.51. The number of aromatic nitrogens is 3. The molecule has 0 atom stereocenters. The van der Waals surface area contributed by atoms with Crippen molar-refractivity contribution in [2.45, 2.75) is 13.5 Å². The van der Waals surface area contributed by atoms with Crippen molar-refractivity contribution < 1.29 is 9.47 Å². The number of methoxy groups -OCH3 is 2. The number of pyridine rings is 1. The zero-order valence-corrected chi connectivity index (χ0v) is 13.1. The van der Waals surface area contributed by atoms with Crippen molar-refractivity contribution >= 4 is 21.6 Å². The monoisotopic (exact) mass is 338 g/mol. The Morgan fingerprint density at radius 3 is 2.35 bits per heavy atom. The number of aryl methyl sites for hydroxylation is 1. The number of hydrogen-bond donors (Lipinski definition) is 1. The van der Waals surface area contributed by atoms with Gasteiger partial charge in [-0.2, -0.15) is 0 Å². The van der Waals surface area contributed by atoms with Crippen LogP contribution in [0.5, 0.6) is 11.8 Å². The fourth-order valence-electron chi connectivity index (χ4n) is 1.78. The number of nitrogens with zero attached hydrogens (tertiary/aromatic N) is 3. The van der Waals surface area contributed by atoms with Crippen LogP contribution in [0.4, 0.5) is 5.69 Å². The fourth-order valence-corrected chi connectivity index (χ4v) is 2.18. The number of ether oxygens (including phenoxy) is 2. The van der Waals surface area contributed by atoms with E-state index >= 15 is 0 Å². The van der Waals surface area contributed by atoms with Crippen LogP contribution in [0.1, 0.15) is 11.3 Å². The van der Waals surface area contributed by atoms with Crippen LogP contribution < -0.4 is 14.8 Å². The minimum absolute atomic E-state index is 0.483. The molecule has 2 aromatic rings. The van der Waals surface area contributed by atoms with Gasteiger partial charge in [0.1, 0.15) is 10.9 Å². The van der Waals surface area contributed by atoms with Crippen molar-refractivity contribution in [2.75, 3.05) is 19.5 Å². The Labute approximate surface area is 125 Å². The van der Waals surface area contributed by atoms with Crippen LogP contribution in [-0.2, 0) is 6.54 Å². The van der Waals surface area contributed by atoms with Gasteiger partial charge in [-0.15, -0.1) is 0 Å². The SMILES string of the molecule is COc1ncnc(OC)c1CNc1ccc(Br)nc1C. The summed E-state index contributed by atoms with van der Waals surface area (Å²) in [4.78, 5) is 12.5. The maximum atomic E-state index is 5.23. The van der Waals surface area contributed by atoms with Gasteiger partial charge in [-0.05, 0) is 35.0 Å². The standard InChI is InChI=1S/C13H15BrN4O2/c1-8-10(4-5-11(14)18-8)15-6-9-12(19-2)16-7-17-13(9)20-3/h4-5,7,15H,6H2,1-3H3. The molecule has 0 bridgehead atoms. The van der Waals surface area contributed by atoms with Gasteiger partial charge in [0.25, 0.3) is 0 Å². The molecular formula is C13H15BrN4O2. The first-order valence-corrected chi connectivity index (χ1v) is 6.74. The molecule has 2 rings (SSSR count). The molecule has 2 aromatic heterocycles. The Morgan fingerprint density at radius 2 is 1.80 bits per heavy atom. The third kappa shape index (κ3) is 3.16. The Morgan fingerprint density at radius 1 is 1.15 bits per heavy atom. The quantitative estimate of drug-likeness (QED) is 0.845. The van der Waals surface area contributed by atoms with Crippen molar-refractivity contribution in [1.82, 2.24) is 15.0 Å². The molecule has 0 saturated heterocycles. The summed E-state index contributed by atoms with van der Waals surface area (Å²) in [6.07, 6.45) is 1.41. The van der Waals surface area contributed by atoms with Crippen LogP contribution in [0.25, 0.3) is 0 Å². The first-order valence-electron chi connectivity index (χ1n) is 5.94. The lowest BCUT2D eigenvalue weighted by Crippen LogP contribution is -2.07. The molecule has 0 spiro atoms. The third-order valence-corrected chi connectivity index (χ3v) is 3.20. The highest BCUT2D eigenvalue weighted by atomic mass is 79.9. The maximum Gasteiger partial charge on any atom is 0.225 e. The largest absolute Gasteiger partial charge is 0.481 e. The van der Waals surface area contributed by atoms with Crippen LogP contribution in [0.3, 0.4) is 0 Å². The average molecular weight is 339 g/mol. The number of halogens is 1. The summed E-state index contributed by atoms with van der Waals surface area (Å²) >= 11 is 3.34. The molecule has 6 nitrogen and oxygen atoms in total. The summed E-state index contributed by atoms with van der Waals surface area (Å²) < 4.78 is 11.3. The number of anilines is 1. The molecule has 0 unspecified atom stereocenters. The van der Waals surface area contributed by atoms with E-state index in [1.165, 1.54) is 6.33 Å². The Kier molecular flexibility index (Phi) is 4.73. The molecule has 0 saturated carbocycles. The summed E-state index contributed by atoms with van der Waals surface area (Å²) in [6, 6.07) is 3.83. The van der Waals surface area contributed by atoms with Crippen LogP contribution in [0, 0.1) is 6.92 Å². The van der Waals surface area contributed by atoms with E-state index in [1.807, 2.05) is 19.1 Å².